The third kappa shape index (κ3) is 3.75. The zero-order valence-electron chi connectivity index (χ0n) is 9.01. The van der Waals surface area contributed by atoms with E-state index in [0.29, 0.717) is 0 Å². The van der Waals surface area contributed by atoms with E-state index in [1.807, 2.05) is 0 Å². The summed E-state index contributed by atoms with van der Waals surface area (Å²) in [5.41, 5.74) is 0. The third-order valence-corrected chi connectivity index (χ3v) is 4.13. The van der Waals surface area contributed by atoms with E-state index in [-0.39, 0.29) is 50.9 Å². The fraction of sp³-hybridized carbons (Fsp3) is 0.143. The van der Waals surface area contributed by atoms with Gasteiger partial charge in [-0.25, -0.2) is 13.1 Å². The molecule has 0 heterocycles. The Labute approximate surface area is 127 Å². The van der Waals surface area contributed by atoms with Gasteiger partial charge in [0, 0.05) is 0 Å². The molecule has 1 rings (SSSR count). The van der Waals surface area contributed by atoms with Crippen molar-refractivity contribution in [2.75, 3.05) is 7.05 Å². The molecule has 0 atom stereocenters. The molecule has 0 amide bonds. The summed E-state index contributed by atoms with van der Waals surface area (Å²) in [4.78, 5) is -0.0870. The quantitative estimate of drug-likeness (QED) is 0.600. The molecule has 0 unspecified atom stereocenters. The summed E-state index contributed by atoms with van der Waals surface area (Å²) < 4.78 is 24.9. The normalized spacial score (nSPS) is 10.9. The van der Waals surface area contributed by atoms with Crippen LogP contribution >= 0.6 is 34.8 Å². The van der Waals surface area contributed by atoms with Gasteiger partial charge in [-0.05, 0) is 19.2 Å². The second-order valence-corrected chi connectivity index (χ2v) is 5.48. The van der Waals surface area contributed by atoms with Gasteiger partial charge in [0.15, 0.2) is 0 Å². The Balaban J connectivity index is 0. The van der Waals surface area contributed by atoms with Gasteiger partial charge in [-0.15, -0.1) is 0 Å². The molecule has 0 aromatic heterocycles. The zero-order chi connectivity index (χ0) is 10.9. The van der Waals surface area contributed by atoms with Gasteiger partial charge in [0.05, 0.1) is 15.1 Å². The van der Waals surface area contributed by atoms with Crippen LogP contribution in [0.1, 0.15) is 1.43 Å². The Hall–Kier alpha value is 1.000. The van der Waals surface area contributed by atoms with E-state index in [9.17, 15) is 8.42 Å². The molecule has 0 bridgehead atoms. The van der Waals surface area contributed by atoms with E-state index in [2.05, 4.69) is 4.72 Å². The largest absolute Gasteiger partial charge is 1.00 e. The zero-order valence-corrected chi connectivity index (χ0v) is 13.1. The summed E-state index contributed by atoms with van der Waals surface area (Å²) in [5, 5.41) is 0.394. The summed E-state index contributed by atoms with van der Waals surface area (Å²) in [6.07, 6.45) is 0. The first kappa shape index (κ1) is 16.0. The van der Waals surface area contributed by atoms with E-state index >= 15 is 0 Å². The van der Waals surface area contributed by atoms with Gasteiger partial charge in [-0.1, -0.05) is 34.8 Å². The number of hydrogen-bond acceptors (Lipinski definition) is 2. The average Bonchev–Trinajstić information content (AvgIpc) is 2.11. The van der Waals surface area contributed by atoms with Crippen molar-refractivity contribution in [3.63, 3.8) is 0 Å². The van der Waals surface area contributed by atoms with Crippen molar-refractivity contribution >= 4 is 44.8 Å². The Morgan fingerprint density at radius 3 is 2.07 bits per heavy atom. The van der Waals surface area contributed by atoms with Crippen LogP contribution in [0.5, 0.6) is 0 Å². The van der Waals surface area contributed by atoms with Gasteiger partial charge in [0.1, 0.15) is 4.90 Å². The number of rotatable bonds is 2. The van der Waals surface area contributed by atoms with Crippen LogP contribution < -0.4 is 34.3 Å². The number of nitrogens with one attached hydrogen (secondary N) is 1. The van der Waals surface area contributed by atoms with E-state index in [4.69, 9.17) is 34.8 Å². The van der Waals surface area contributed by atoms with Gasteiger partial charge in [0.25, 0.3) is 0 Å². The molecule has 1 aromatic carbocycles. The summed E-state index contributed by atoms with van der Waals surface area (Å²) in [7, 11) is -2.31. The molecule has 0 saturated heterocycles. The molecule has 3 nitrogen and oxygen atoms in total. The van der Waals surface area contributed by atoms with Crippen LogP contribution in [-0.4, -0.2) is 15.5 Å². The number of sulfonamides is 1. The molecule has 0 saturated carbocycles. The topological polar surface area (TPSA) is 46.2 Å². The van der Waals surface area contributed by atoms with Crippen molar-refractivity contribution in [3.8, 4) is 0 Å². The van der Waals surface area contributed by atoms with Crippen molar-refractivity contribution in [1.82, 2.24) is 4.72 Å². The van der Waals surface area contributed by atoms with Crippen LogP contribution in [-0.2, 0) is 10.0 Å². The van der Waals surface area contributed by atoms with Crippen molar-refractivity contribution in [2.24, 2.45) is 0 Å². The molecule has 80 valence electrons. The first-order chi connectivity index (χ1) is 6.38. The van der Waals surface area contributed by atoms with Crippen molar-refractivity contribution in [3.05, 3.63) is 27.2 Å². The standard InChI is InChI=1S/C7H6Cl3NO2S.Na.H/c1-11-14(12,13)7-3-5(9)4(8)2-6(7)10;;/h2-3,11H,1H3;;/q;+1;-1. The molecule has 15 heavy (non-hydrogen) atoms. The Morgan fingerprint density at radius 1 is 1.13 bits per heavy atom. The average molecular weight is 299 g/mol. The fourth-order valence-corrected chi connectivity index (χ4v) is 2.55. The molecule has 0 aliphatic carbocycles. The van der Waals surface area contributed by atoms with E-state index in [1.165, 1.54) is 19.2 Å². The predicted molar refractivity (Wildman–Crippen MR) is 58.8 cm³/mol. The van der Waals surface area contributed by atoms with Crippen molar-refractivity contribution < 1.29 is 39.4 Å². The smallest absolute Gasteiger partial charge is 1.00 e. The molecular formula is C7H7Cl3NNaO2S. The van der Waals surface area contributed by atoms with Gasteiger partial charge >= 0.3 is 29.6 Å². The molecule has 0 spiro atoms. The molecule has 0 aliphatic heterocycles. The Kier molecular flexibility index (Phi) is 6.48. The first-order valence-corrected chi connectivity index (χ1v) is 6.08. The summed E-state index contributed by atoms with van der Waals surface area (Å²) in [5.74, 6) is 0. The minimum Gasteiger partial charge on any atom is -1.00 e. The second kappa shape index (κ2) is 6.07. The van der Waals surface area contributed by atoms with Gasteiger partial charge < -0.3 is 1.43 Å². The Morgan fingerprint density at radius 2 is 1.60 bits per heavy atom. The van der Waals surface area contributed by atoms with Crippen LogP contribution in [0.2, 0.25) is 15.1 Å². The van der Waals surface area contributed by atoms with Crippen LogP contribution in [0.4, 0.5) is 0 Å². The third-order valence-electron chi connectivity index (χ3n) is 1.53. The van der Waals surface area contributed by atoms with Gasteiger partial charge in [-0.2, -0.15) is 0 Å². The number of benzene rings is 1. The van der Waals surface area contributed by atoms with Gasteiger partial charge in [0.2, 0.25) is 10.0 Å². The SMILES string of the molecule is CNS(=O)(=O)c1cc(Cl)c(Cl)cc1Cl.[H-].[Na+]. The predicted octanol–water partition coefficient (Wildman–Crippen LogP) is -0.329. The van der Waals surface area contributed by atoms with E-state index in [0.717, 1.165) is 0 Å². The minimum atomic E-state index is -3.59. The van der Waals surface area contributed by atoms with Crippen LogP contribution in [0.25, 0.3) is 0 Å². The first-order valence-electron chi connectivity index (χ1n) is 3.46. The molecular weight excluding hydrogens is 291 g/mol. The fourth-order valence-electron chi connectivity index (χ4n) is 0.820. The van der Waals surface area contributed by atoms with E-state index in [1.54, 1.807) is 0 Å². The molecule has 1 aromatic rings. The Bertz CT molecular complexity index is 469. The number of hydrogen-bond donors (Lipinski definition) is 1. The molecule has 0 fully saturated rings. The molecule has 1 N–H and O–H groups in total. The van der Waals surface area contributed by atoms with Crippen LogP contribution in [0.15, 0.2) is 17.0 Å². The van der Waals surface area contributed by atoms with Crippen LogP contribution in [0, 0.1) is 0 Å². The van der Waals surface area contributed by atoms with Crippen molar-refractivity contribution in [1.29, 1.82) is 0 Å². The maximum atomic E-state index is 11.4. The second-order valence-electron chi connectivity index (χ2n) is 2.40. The minimum absolute atomic E-state index is 0. The number of halogens is 3. The van der Waals surface area contributed by atoms with E-state index < -0.39 is 10.0 Å². The van der Waals surface area contributed by atoms with Gasteiger partial charge in [-0.3, -0.25) is 0 Å². The molecule has 0 radical (unpaired) electrons. The van der Waals surface area contributed by atoms with Crippen LogP contribution in [0.3, 0.4) is 0 Å². The monoisotopic (exact) mass is 297 g/mol. The maximum Gasteiger partial charge on any atom is 1.00 e. The molecule has 8 heteroatoms. The maximum absolute atomic E-state index is 11.4. The molecule has 0 aliphatic rings. The summed E-state index contributed by atoms with van der Waals surface area (Å²) in [6.45, 7) is 0. The summed E-state index contributed by atoms with van der Waals surface area (Å²) >= 11 is 17.0. The summed E-state index contributed by atoms with van der Waals surface area (Å²) in [6, 6.07) is 2.49. The van der Waals surface area contributed by atoms with Crippen molar-refractivity contribution in [2.45, 2.75) is 4.90 Å².